The van der Waals surface area contributed by atoms with Crippen molar-refractivity contribution in [2.24, 2.45) is 5.41 Å². The first-order valence-corrected chi connectivity index (χ1v) is 12.1. The summed E-state index contributed by atoms with van der Waals surface area (Å²) >= 11 is 0. The van der Waals surface area contributed by atoms with Crippen molar-refractivity contribution in [3.05, 3.63) is 59.7 Å². The van der Waals surface area contributed by atoms with Gasteiger partial charge in [0, 0.05) is 25.4 Å². The van der Waals surface area contributed by atoms with E-state index in [-0.39, 0.29) is 37.9 Å². The molecule has 2 amide bonds. The number of alkyl carbamates (subject to hydrolysis) is 1. The van der Waals surface area contributed by atoms with E-state index >= 15 is 0 Å². The minimum absolute atomic E-state index is 0.00435. The van der Waals surface area contributed by atoms with Gasteiger partial charge < -0.3 is 25.2 Å². The molecule has 0 radical (unpaired) electrons. The molecular formula is C27H32N2O6. The lowest BCUT2D eigenvalue weighted by Crippen LogP contribution is -2.52. The van der Waals surface area contributed by atoms with Crippen molar-refractivity contribution in [2.45, 2.75) is 51.2 Å². The van der Waals surface area contributed by atoms with Gasteiger partial charge in [0.05, 0.1) is 11.5 Å². The molecule has 186 valence electrons. The second-order valence-corrected chi connectivity index (χ2v) is 9.37. The van der Waals surface area contributed by atoms with Crippen molar-refractivity contribution in [3.63, 3.8) is 0 Å². The van der Waals surface area contributed by atoms with Crippen molar-refractivity contribution in [1.29, 1.82) is 0 Å². The van der Waals surface area contributed by atoms with Crippen LogP contribution in [0.2, 0.25) is 0 Å². The van der Waals surface area contributed by atoms with Crippen LogP contribution >= 0.6 is 0 Å². The Kier molecular flexibility index (Phi) is 7.12. The SMILES string of the molecule is CCC(CC)(CNC(=O)OCC1c2ccccc2-c2ccccc21)C(=O)N1CC(O)CC1C(=O)O. The zero-order chi connectivity index (χ0) is 25.2. The summed E-state index contributed by atoms with van der Waals surface area (Å²) in [5, 5.41) is 22.2. The summed E-state index contributed by atoms with van der Waals surface area (Å²) in [6.45, 7) is 3.83. The molecule has 2 aromatic carbocycles. The number of carbonyl (C=O) groups excluding carboxylic acids is 2. The molecular weight excluding hydrogens is 448 g/mol. The van der Waals surface area contributed by atoms with Gasteiger partial charge in [-0.2, -0.15) is 0 Å². The molecule has 1 aliphatic heterocycles. The Morgan fingerprint density at radius 2 is 1.60 bits per heavy atom. The first kappa shape index (κ1) is 24.7. The number of aliphatic hydroxyl groups excluding tert-OH is 1. The van der Waals surface area contributed by atoms with Gasteiger partial charge in [-0.1, -0.05) is 62.4 Å². The Bertz CT molecular complexity index is 1070. The summed E-state index contributed by atoms with van der Waals surface area (Å²) in [4.78, 5) is 38.9. The zero-order valence-corrected chi connectivity index (χ0v) is 20.1. The number of fused-ring (bicyclic) bond motifs is 3. The third kappa shape index (κ3) is 4.62. The third-order valence-corrected chi connectivity index (χ3v) is 7.55. The van der Waals surface area contributed by atoms with E-state index in [9.17, 15) is 24.6 Å². The fourth-order valence-electron chi connectivity index (χ4n) is 5.35. The van der Waals surface area contributed by atoms with Gasteiger partial charge in [-0.05, 0) is 35.1 Å². The number of hydrogen-bond donors (Lipinski definition) is 3. The molecule has 0 aromatic heterocycles. The van der Waals surface area contributed by atoms with Crippen LogP contribution in [-0.2, 0) is 14.3 Å². The first-order valence-electron chi connectivity index (χ1n) is 12.1. The summed E-state index contributed by atoms with van der Waals surface area (Å²) in [5.74, 6) is -1.58. The molecule has 0 saturated carbocycles. The molecule has 8 nitrogen and oxygen atoms in total. The summed E-state index contributed by atoms with van der Waals surface area (Å²) < 4.78 is 5.60. The summed E-state index contributed by atoms with van der Waals surface area (Å²) in [6.07, 6.45) is -0.677. The lowest BCUT2D eigenvalue weighted by Gasteiger charge is -2.36. The molecule has 1 aliphatic carbocycles. The van der Waals surface area contributed by atoms with E-state index in [1.165, 1.54) is 4.90 Å². The lowest BCUT2D eigenvalue weighted by atomic mass is 9.80. The van der Waals surface area contributed by atoms with E-state index in [1.54, 1.807) is 0 Å². The highest BCUT2D eigenvalue weighted by molar-refractivity contribution is 5.89. The third-order valence-electron chi connectivity index (χ3n) is 7.55. The molecule has 0 bridgehead atoms. The number of aliphatic carboxylic acids is 1. The van der Waals surface area contributed by atoms with Gasteiger partial charge in [-0.25, -0.2) is 9.59 Å². The van der Waals surface area contributed by atoms with Gasteiger partial charge in [-0.3, -0.25) is 4.79 Å². The standard InChI is InChI=1S/C27H32N2O6/c1-3-27(4-2,25(33)29-14-17(30)13-23(29)24(31)32)16-28-26(34)35-15-22-20-11-7-5-9-18(20)19-10-6-8-12-21(19)22/h5-12,17,22-23,30H,3-4,13-16H2,1-2H3,(H,28,34)(H,31,32). The zero-order valence-electron chi connectivity index (χ0n) is 20.1. The fraction of sp³-hybridized carbons (Fsp3) is 0.444. The van der Waals surface area contributed by atoms with Gasteiger partial charge in [0.25, 0.3) is 0 Å². The number of hydrogen-bond acceptors (Lipinski definition) is 5. The summed E-state index contributed by atoms with van der Waals surface area (Å²) in [6, 6.07) is 15.1. The number of rotatable bonds is 8. The number of ether oxygens (including phenoxy) is 1. The molecule has 0 spiro atoms. The number of carbonyl (C=O) groups is 3. The number of likely N-dealkylation sites (tertiary alicyclic amines) is 1. The molecule has 8 heteroatoms. The van der Waals surface area contributed by atoms with Crippen LogP contribution < -0.4 is 5.32 Å². The highest BCUT2D eigenvalue weighted by atomic mass is 16.5. The maximum atomic E-state index is 13.4. The van der Waals surface area contributed by atoms with Crippen LogP contribution in [-0.4, -0.2) is 64.9 Å². The van der Waals surface area contributed by atoms with Crippen molar-refractivity contribution >= 4 is 18.0 Å². The molecule has 1 fully saturated rings. The van der Waals surface area contributed by atoms with Crippen molar-refractivity contribution in [3.8, 4) is 11.1 Å². The van der Waals surface area contributed by atoms with Crippen LogP contribution in [0, 0.1) is 5.41 Å². The lowest BCUT2D eigenvalue weighted by molar-refractivity contribution is -0.153. The second kappa shape index (κ2) is 10.1. The van der Waals surface area contributed by atoms with E-state index in [4.69, 9.17) is 4.74 Å². The van der Waals surface area contributed by atoms with Gasteiger partial charge in [0.1, 0.15) is 12.6 Å². The van der Waals surface area contributed by atoms with Crippen molar-refractivity contribution < 1.29 is 29.3 Å². The molecule has 3 N–H and O–H groups in total. The Morgan fingerprint density at radius 1 is 1.03 bits per heavy atom. The van der Waals surface area contributed by atoms with Crippen molar-refractivity contribution in [2.75, 3.05) is 19.7 Å². The molecule has 2 aromatic rings. The van der Waals surface area contributed by atoms with Crippen LogP contribution in [0.4, 0.5) is 4.79 Å². The Morgan fingerprint density at radius 3 is 2.14 bits per heavy atom. The molecule has 2 unspecified atom stereocenters. The number of benzene rings is 2. The smallest absolute Gasteiger partial charge is 0.407 e. The van der Waals surface area contributed by atoms with E-state index in [1.807, 2.05) is 50.2 Å². The largest absolute Gasteiger partial charge is 0.480 e. The van der Waals surface area contributed by atoms with Gasteiger partial charge in [-0.15, -0.1) is 0 Å². The molecule has 2 atom stereocenters. The predicted molar refractivity (Wildman–Crippen MR) is 130 cm³/mol. The number of amides is 2. The normalized spacial score (nSPS) is 19.2. The molecule has 35 heavy (non-hydrogen) atoms. The number of β-amino-alcohol motifs (C(OH)–C–C–N with tert-alkyl or cyclic N) is 1. The van der Waals surface area contributed by atoms with Gasteiger partial charge in [0.15, 0.2) is 0 Å². The van der Waals surface area contributed by atoms with Crippen LogP contribution in [0.15, 0.2) is 48.5 Å². The highest BCUT2D eigenvalue weighted by Gasteiger charge is 2.46. The minimum atomic E-state index is -1.14. The number of nitrogens with zero attached hydrogens (tertiary/aromatic N) is 1. The Labute approximate surface area is 204 Å². The van der Waals surface area contributed by atoms with E-state index in [2.05, 4.69) is 17.4 Å². The van der Waals surface area contributed by atoms with Gasteiger partial charge >= 0.3 is 12.1 Å². The number of carboxylic acids is 1. The molecule has 4 rings (SSSR count). The number of aliphatic hydroxyl groups is 1. The van der Waals surface area contributed by atoms with Crippen LogP contribution in [0.1, 0.15) is 50.2 Å². The Hall–Kier alpha value is -3.39. The summed E-state index contributed by atoms with van der Waals surface area (Å²) in [7, 11) is 0. The molecule has 1 heterocycles. The first-order chi connectivity index (χ1) is 16.8. The maximum Gasteiger partial charge on any atom is 0.407 e. The topological polar surface area (TPSA) is 116 Å². The molecule has 1 saturated heterocycles. The average molecular weight is 481 g/mol. The van der Waals surface area contributed by atoms with E-state index in [0.29, 0.717) is 12.8 Å². The number of nitrogens with one attached hydrogen (secondary N) is 1. The quantitative estimate of drug-likeness (QED) is 0.533. The van der Waals surface area contributed by atoms with Gasteiger partial charge in [0.2, 0.25) is 5.91 Å². The van der Waals surface area contributed by atoms with E-state index in [0.717, 1.165) is 22.3 Å². The van der Waals surface area contributed by atoms with E-state index < -0.39 is 29.6 Å². The predicted octanol–water partition coefficient (Wildman–Crippen LogP) is 3.38. The average Bonchev–Trinajstić information content (AvgIpc) is 3.42. The number of carboxylic acid groups (broad SMARTS) is 1. The van der Waals surface area contributed by atoms with Crippen LogP contribution in [0.3, 0.4) is 0 Å². The van der Waals surface area contributed by atoms with Crippen molar-refractivity contribution in [1.82, 2.24) is 10.2 Å². The minimum Gasteiger partial charge on any atom is -0.480 e. The summed E-state index contributed by atoms with van der Waals surface area (Å²) in [5.41, 5.74) is 3.52. The Balaban J connectivity index is 1.42. The highest BCUT2D eigenvalue weighted by Crippen LogP contribution is 2.44. The molecule has 2 aliphatic rings. The monoisotopic (exact) mass is 480 g/mol. The maximum absolute atomic E-state index is 13.4. The van der Waals surface area contributed by atoms with Crippen LogP contribution in [0.25, 0.3) is 11.1 Å². The fourth-order valence-corrected chi connectivity index (χ4v) is 5.35. The second-order valence-electron chi connectivity index (χ2n) is 9.37. The van der Waals surface area contributed by atoms with Crippen LogP contribution in [0.5, 0.6) is 0 Å².